The molecule has 0 saturated heterocycles. The summed E-state index contributed by atoms with van der Waals surface area (Å²) in [6.07, 6.45) is 0. The molecular formula is C15H25NO2. The molecule has 0 radical (unpaired) electrons. The van der Waals surface area contributed by atoms with Gasteiger partial charge in [-0.15, -0.1) is 0 Å². The molecule has 1 rings (SSSR count). The second-order valence-corrected chi connectivity index (χ2v) is 4.94. The first kappa shape index (κ1) is 15.0. The van der Waals surface area contributed by atoms with E-state index in [4.69, 9.17) is 9.84 Å². The van der Waals surface area contributed by atoms with E-state index in [1.54, 1.807) is 0 Å². The molecule has 0 aliphatic heterocycles. The minimum Gasteiger partial charge on any atom is -0.493 e. The van der Waals surface area contributed by atoms with E-state index in [1.807, 2.05) is 6.92 Å². The van der Waals surface area contributed by atoms with Gasteiger partial charge in [-0.25, -0.2) is 0 Å². The quantitative estimate of drug-likeness (QED) is 0.782. The summed E-state index contributed by atoms with van der Waals surface area (Å²) < 4.78 is 5.80. The van der Waals surface area contributed by atoms with Gasteiger partial charge < -0.3 is 15.2 Å². The Morgan fingerprint density at radius 2 is 1.89 bits per heavy atom. The third-order valence-electron chi connectivity index (χ3n) is 2.92. The number of rotatable bonds is 7. The number of benzene rings is 1. The number of hydrogen-bond acceptors (Lipinski definition) is 3. The summed E-state index contributed by atoms with van der Waals surface area (Å²) in [5.74, 6) is 1.13. The van der Waals surface area contributed by atoms with Crippen molar-refractivity contribution in [1.82, 2.24) is 5.32 Å². The average molecular weight is 251 g/mol. The van der Waals surface area contributed by atoms with Crippen LogP contribution in [-0.4, -0.2) is 24.9 Å². The van der Waals surface area contributed by atoms with E-state index in [0.29, 0.717) is 6.61 Å². The van der Waals surface area contributed by atoms with E-state index in [2.05, 4.69) is 38.2 Å². The van der Waals surface area contributed by atoms with Crippen LogP contribution in [0.2, 0.25) is 0 Å². The topological polar surface area (TPSA) is 41.5 Å². The largest absolute Gasteiger partial charge is 0.493 e. The lowest BCUT2D eigenvalue weighted by molar-refractivity contribution is 0.173. The second kappa shape index (κ2) is 7.39. The normalized spacial score (nSPS) is 12.5. The fourth-order valence-corrected chi connectivity index (χ4v) is 1.92. The molecule has 0 fully saturated rings. The zero-order valence-corrected chi connectivity index (χ0v) is 11.9. The summed E-state index contributed by atoms with van der Waals surface area (Å²) in [6.45, 7) is 10.8. The van der Waals surface area contributed by atoms with Crippen LogP contribution in [0, 0.1) is 19.8 Å². The zero-order valence-electron chi connectivity index (χ0n) is 11.9. The van der Waals surface area contributed by atoms with E-state index in [-0.39, 0.29) is 12.5 Å². The lowest BCUT2D eigenvalue weighted by Crippen LogP contribution is -2.14. The van der Waals surface area contributed by atoms with Crippen molar-refractivity contribution in [1.29, 1.82) is 0 Å². The third kappa shape index (κ3) is 4.31. The maximum Gasteiger partial charge on any atom is 0.125 e. The van der Waals surface area contributed by atoms with Crippen molar-refractivity contribution >= 4 is 0 Å². The van der Waals surface area contributed by atoms with Crippen LogP contribution < -0.4 is 10.1 Å². The Hall–Kier alpha value is -1.06. The minimum atomic E-state index is 0.163. The van der Waals surface area contributed by atoms with Gasteiger partial charge >= 0.3 is 0 Å². The van der Waals surface area contributed by atoms with Crippen LogP contribution in [0.5, 0.6) is 5.75 Å². The van der Waals surface area contributed by atoms with Gasteiger partial charge in [-0.05, 0) is 37.1 Å². The van der Waals surface area contributed by atoms with Crippen LogP contribution in [0.15, 0.2) is 12.1 Å². The van der Waals surface area contributed by atoms with Crippen molar-refractivity contribution in [3.63, 3.8) is 0 Å². The van der Waals surface area contributed by atoms with Gasteiger partial charge in [0.15, 0.2) is 0 Å². The summed E-state index contributed by atoms with van der Waals surface area (Å²) in [7, 11) is 0. The first-order chi connectivity index (χ1) is 8.58. The second-order valence-electron chi connectivity index (χ2n) is 4.94. The van der Waals surface area contributed by atoms with E-state index in [1.165, 1.54) is 5.56 Å². The average Bonchev–Trinajstić information content (AvgIpc) is 2.34. The molecule has 1 unspecified atom stereocenters. The molecule has 1 atom stereocenters. The molecule has 102 valence electrons. The summed E-state index contributed by atoms with van der Waals surface area (Å²) in [4.78, 5) is 0. The van der Waals surface area contributed by atoms with Crippen molar-refractivity contribution < 1.29 is 9.84 Å². The molecule has 2 N–H and O–H groups in total. The summed E-state index contributed by atoms with van der Waals surface area (Å²) in [5, 5.41) is 12.3. The highest BCUT2D eigenvalue weighted by molar-refractivity contribution is 5.43. The molecule has 0 spiro atoms. The molecule has 3 heteroatoms. The maximum absolute atomic E-state index is 9.00. The SMILES string of the molecule is CCNCc1cc(C)c(OCC(C)CO)c(C)c1. The van der Waals surface area contributed by atoms with Gasteiger partial charge in [0.1, 0.15) is 5.75 Å². The summed E-state index contributed by atoms with van der Waals surface area (Å²) in [5.41, 5.74) is 3.61. The molecule has 0 saturated carbocycles. The van der Waals surface area contributed by atoms with Gasteiger partial charge in [-0.3, -0.25) is 0 Å². The molecule has 0 bridgehead atoms. The van der Waals surface area contributed by atoms with E-state index in [9.17, 15) is 0 Å². The molecule has 3 nitrogen and oxygen atoms in total. The molecule has 0 amide bonds. The number of aliphatic hydroxyl groups is 1. The fourth-order valence-electron chi connectivity index (χ4n) is 1.92. The summed E-state index contributed by atoms with van der Waals surface area (Å²) in [6, 6.07) is 4.32. The van der Waals surface area contributed by atoms with Crippen LogP contribution in [0.4, 0.5) is 0 Å². The van der Waals surface area contributed by atoms with Crippen molar-refractivity contribution in [2.24, 2.45) is 5.92 Å². The first-order valence-electron chi connectivity index (χ1n) is 6.63. The predicted molar refractivity (Wildman–Crippen MR) is 75.0 cm³/mol. The number of ether oxygens (including phenoxy) is 1. The zero-order chi connectivity index (χ0) is 13.5. The molecule has 0 heterocycles. The number of aliphatic hydroxyl groups excluding tert-OH is 1. The van der Waals surface area contributed by atoms with Gasteiger partial charge in [-0.2, -0.15) is 0 Å². The van der Waals surface area contributed by atoms with Crippen LogP contribution in [-0.2, 0) is 6.54 Å². The van der Waals surface area contributed by atoms with Crippen molar-refractivity contribution in [3.05, 3.63) is 28.8 Å². The molecule has 0 aromatic heterocycles. The van der Waals surface area contributed by atoms with Crippen molar-refractivity contribution in [3.8, 4) is 5.75 Å². The summed E-state index contributed by atoms with van der Waals surface area (Å²) >= 11 is 0. The van der Waals surface area contributed by atoms with E-state index < -0.39 is 0 Å². The first-order valence-corrected chi connectivity index (χ1v) is 6.63. The van der Waals surface area contributed by atoms with Crippen LogP contribution in [0.3, 0.4) is 0 Å². The number of aryl methyl sites for hydroxylation is 2. The number of hydrogen-bond donors (Lipinski definition) is 2. The molecule has 0 aliphatic carbocycles. The van der Waals surface area contributed by atoms with Crippen LogP contribution in [0.1, 0.15) is 30.5 Å². The Kier molecular flexibility index (Phi) is 6.16. The maximum atomic E-state index is 9.00. The minimum absolute atomic E-state index is 0.163. The highest BCUT2D eigenvalue weighted by Crippen LogP contribution is 2.25. The highest BCUT2D eigenvalue weighted by atomic mass is 16.5. The predicted octanol–water partition coefficient (Wildman–Crippen LogP) is 2.42. The van der Waals surface area contributed by atoms with Crippen LogP contribution in [0.25, 0.3) is 0 Å². The molecular weight excluding hydrogens is 226 g/mol. The Balaban J connectivity index is 2.74. The standard InChI is InChI=1S/C15H25NO2/c1-5-16-8-14-6-12(3)15(13(4)7-14)18-10-11(2)9-17/h6-7,11,16-17H,5,8-10H2,1-4H3. The molecule has 0 aliphatic rings. The Bertz CT molecular complexity index is 354. The van der Waals surface area contributed by atoms with Gasteiger partial charge in [0.25, 0.3) is 0 Å². The Labute approximate surface area is 110 Å². The van der Waals surface area contributed by atoms with Crippen molar-refractivity contribution in [2.75, 3.05) is 19.8 Å². The Morgan fingerprint density at radius 1 is 1.28 bits per heavy atom. The Morgan fingerprint density at radius 3 is 2.39 bits per heavy atom. The van der Waals surface area contributed by atoms with E-state index in [0.717, 1.165) is 30.0 Å². The van der Waals surface area contributed by atoms with Gasteiger partial charge in [-0.1, -0.05) is 26.0 Å². The molecule has 1 aromatic rings. The fraction of sp³-hybridized carbons (Fsp3) is 0.600. The van der Waals surface area contributed by atoms with Gasteiger partial charge in [0.2, 0.25) is 0 Å². The van der Waals surface area contributed by atoms with E-state index >= 15 is 0 Å². The monoisotopic (exact) mass is 251 g/mol. The smallest absolute Gasteiger partial charge is 0.125 e. The van der Waals surface area contributed by atoms with Gasteiger partial charge in [0, 0.05) is 19.1 Å². The van der Waals surface area contributed by atoms with Crippen molar-refractivity contribution in [2.45, 2.75) is 34.2 Å². The number of nitrogens with one attached hydrogen (secondary N) is 1. The lowest BCUT2D eigenvalue weighted by atomic mass is 10.1. The van der Waals surface area contributed by atoms with Crippen LogP contribution >= 0.6 is 0 Å². The lowest BCUT2D eigenvalue weighted by Gasteiger charge is -2.16. The molecule has 1 aromatic carbocycles. The third-order valence-corrected chi connectivity index (χ3v) is 2.92. The molecule has 18 heavy (non-hydrogen) atoms. The highest BCUT2D eigenvalue weighted by Gasteiger charge is 2.08. The van der Waals surface area contributed by atoms with Gasteiger partial charge in [0.05, 0.1) is 6.61 Å².